The molecule has 0 spiro atoms. The molecule has 0 saturated carbocycles. The molecule has 2 aliphatic rings. The molecule has 2 fully saturated rings. The quantitative estimate of drug-likeness (QED) is 0.793. The molecule has 3 amide bonds. The average molecular weight is 408 g/mol. The molecule has 0 unspecified atom stereocenters. The van der Waals surface area contributed by atoms with Gasteiger partial charge in [0.05, 0.1) is 18.2 Å². The van der Waals surface area contributed by atoms with Gasteiger partial charge in [0.15, 0.2) is 5.13 Å². The highest BCUT2D eigenvalue weighted by molar-refractivity contribution is 7.17. The number of piperazine rings is 1. The van der Waals surface area contributed by atoms with Crippen molar-refractivity contribution in [1.82, 2.24) is 19.7 Å². The lowest BCUT2D eigenvalue weighted by Gasteiger charge is -2.40. The second-order valence-corrected chi connectivity index (χ2v) is 9.16. The molecule has 1 aromatic heterocycles. The predicted molar refractivity (Wildman–Crippen MR) is 108 cm³/mol. The molecule has 2 aliphatic heterocycles. The molecule has 3 heterocycles. The summed E-state index contributed by atoms with van der Waals surface area (Å²) >= 11 is 1.13. The maximum atomic E-state index is 13.0. The van der Waals surface area contributed by atoms with Crippen LogP contribution in [0.2, 0.25) is 0 Å². The van der Waals surface area contributed by atoms with Gasteiger partial charge < -0.3 is 20.4 Å². The Labute approximate surface area is 169 Å². The Bertz CT molecular complexity index is 765. The molecule has 0 aromatic carbocycles. The summed E-state index contributed by atoms with van der Waals surface area (Å²) in [6.07, 6.45) is 2.84. The van der Waals surface area contributed by atoms with Crippen LogP contribution in [0, 0.1) is 11.8 Å². The molecule has 3 rings (SSSR count). The van der Waals surface area contributed by atoms with E-state index in [2.05, 4.69) is 18.8 Å². The van der Waals surface area contributed by atoms with Gasteiger partial charge in [0.2, 0.25) is 11.8 Å². The van der Waals surface area contributed by atoms with E-state index in [9.17, 15) is 14.4 Å². The van der Waals surface area contributed by atoms with Crippen molar-refractivity contribution in [3.63, 3.8) is 0 Å². The number of carbonyl (C=O) groups excluding carboxylic acids is 3. The number of thiazole rings is 1. The van der Waals surface area contributed by atoms with Crippen molar-refractivity contribution in [2.24, 2.45) is 11.8 Å². The Morgan fingerprint density at radius 2 is 2.14 bits per heavy atom. The van der Waals surface area contributed by atoms with Crippen LogP contribution in [0.1, 0.15) is 43.3 Å². The van der Waals surface area contributed by atoms with Gasteiger partial charge in [-0.25, -0.2) is 4.98 Å². The number of anilines is 1. The van der Waals surface area contributed by atoms with Gasteiger partial charge in [-0.3, -0.25) is 14.4 Å². The van der Waals surface area contributed by atoms with Crippen molar-refractivity contribution < 1.29 is 14.4 Å². The number of rotatable bonds is 5. The van der Waals surface area contributed by atoms with Crippen LogP contribution in [0.15, 0.2) is 6.20 Å². The summed E-state index contributed by atoms with van der Waals surface area (Å²) < 4.78 is 0. The zero-order valence-electron chi connectivity index (χ0n) is 16.9. The van der Waals surface area contributed by atoms with Crippen LogP contribution in [0.5, 0.6) is 0 Å². The van der Waals surface area contributed by atoms with E-state index in [0.717, 1.165) is 17.8 Å². The molecule has 0 radical (unpaired) electrons. The van der Waals surface area contributed by atoms with Crippen molar-refractivity contribution in [3.05, 3.63) is 11.1 Å². The highest BCUT2D eigenvalue weighted by Crippen LogP contribution is 2.37. The van der Waals surface area contributed by atoms with E-state index < -0.39 is 0 Å². The molecule has 8 nitrogen and oxygen atoms in total. The van der Waals surface area contributed by atoms with Gasteiger partial charge in [0.25, 0.3) is 5.91 Å². The van der Waals surface area contributed by atoms with Crippen LogP contribution < -0.4 is 5.73 Å². The molecular weight excluding hydrogens is 378 g/mol. The average Bonchev–Trinajstić information content (AvgIpc) is 3.23. The molecule has 28 heavy (non-hydrogen) atoms. The number of hydrogen-bond acceptors (Lipinski definition) is 6. The third kappa shape index (κ3) is 3.85. The van der Waals surface area contributed by atoms with Gasteiger partial charge >= 0.3 is 0 Å². The summed E-state index contributed by atoms with van der Waals surface area (Å²) in [4.78, 5) is 48.3. The predicted octanol–water partition coefficient (Wildman–Crippen LogP) is 1.29. The topological polar surface area (TPSA) is 99.8 Å². The zero-order valence-corrected chi connectivity index (χ0v) is 17.7. The summed E-state index contributed by atoms with van der Waals surface area (Å²) in [7, 11) is 1.80. The van der Waals surface area contributed by atoms with Crippen LogP contribution in [-0.4, -0.2) is 76.2 Å². The van der Waals surface area contributed by atoms with Crippen LogP contribution in [0.3, 0.4) is 0 Å². The minimum atomic E-state index is -0.219. The zero-order chi connectivity index (χ0) is 20.6. The van der Waals surface area contributed by atoms with E-state index in [1.807, 2.05) is 11.8 Å². The molecular formula is C19H29N5O3S. The fourth-order valence-electron chi connectivity index (χ4n) is 4.31. The minimum Gasteiger partial charge on any atom is -0.375 e. The van der Waals surface area contributed by atoms with Gasteiger partial charge in [-0.1, -0.05) is 25.2 Å². The molecule has 3 atom stereocenters. The lowest BCUT2D eigenvalue weighted by atomic mass is 9.91. The molecule has 2 N–H and O–H groups in total. The van der Waals surface area contributed by atoms with Gasteiger partial charge in [-0.2, -0.15) is 0 Å². The van der Waals surface area contributed by atoms with Gasteiger partial charge in [0, 0.05) is 26.2 Å². The Kier molecular flexibility index (Phi) is 5.92. The number of nitrogens with two attached hydrogens (primary N) is 1. The maximum absolute atomic E-state index is 13.0. The van der Waals surface area contributed by atoms with Gasteiger partial charge in [0.1, 0.15) is 11.4 Å². The number of fused-ring (bicyclic) bond motifs is 1. The largest absolute Gasteiger partial charge is 0.375 e. The first-order valence-electron chi connectivity index (χ1n) is 9.79. The molecule has 1 aromatic rings. The number of amides is 3. The summed E-state index contributed by atoms with van der Waals surface area (Å²) in [5, 5.41) is 0.333. The van der Waals surface area contributed by atoms with Crippen LogP contribution in [0.25, 0.3) is 0 Å². The van der Waals surface area contributed by atoms with E-state index in [1.54, 1.807) is 16.8 Å². The first kappa shape index (κ1) is 20.6. The van der Waals surface area contributed by atoms with E-state index >= 15 is 0 Å². The fraction of sp³-hybridized carbons (Fsp3) is 0.684. The van der Waals surface area contributed by atoms with E-state index in [4.69, 9.17) is 5.73 Å². The third-order valence-electron chi connectivity index (χ3n) is 5.69. The summed E-state index contributed by atoms with van der Waals surface area (Å²) in [6, 6.07) is -0.228. The minimum absolute atomic E-state index is 0.0340. The van der Waals surface area contributed by atoms with Crippen molar-refractivity contribution in [2.45, 2.75) is 45.7 Å². The van der Waals surface area contributed by atoms with Crippen molar-refractivity contribution in [2.75, 3.05) is 32.4 Å². The van der Waals surface area contributed by atoms with Gasteiger partial charge in [-0.15, -0.1) is 0 Å². The molecule has 2 saturated heterocycles. The summed E-state index contributed by atoms with van der Waals surface area (Å²) in [5.41, 5.74) is 5.64. The monoisotopic (exact) mass is 407 g/mol. The number of aromatic nitrogens is 1. The molecule has 9 heteroatoms. The highest BCUT2D eigenvalue weighted by atomic mass is 32.1. The van der Waals surface area contributed by atoms with Crippen LogP contribution in [0.4, 0.5) is 5.13 Å². The molecule has 154 valence electrons. The number of hydrogen-bond donors (Lipinski definition) is 1. The number of carbonyl (C=O) groups is 3. The van der Waals surface area contributed by atoms with E-state index in [-0.39, 0.29) is 42.3 Å². The second kappa shape index (κ2) is 8.06. The van der Waals surface area contributed by atoms with E-state index in [1.165, 1.54) is 6.20 Å². The number of nitrogen functional groups attached to an aromatic ring is 1. The Hall–Kier alpha value is -2.16. The van der Waals surface area contributed by atoms with Gasteiger partial charge in [-0.05, 0) is 25.7 Å². The van der Waals surface area contributed by atoms with Crippen molar-refractivity contribution in [3.8, 4) is 0 Å². The lowest BCUT2D eigenvalue weighted by Crippen LogP contribution is -2.57. The third-order valence-corrected chi connectivity index (χ3v) is 6.50. The lowest BCUT2D eigenvalue weighted by molar-refractivity contribution is -0.141. The summed E-state index contributed by atoms with van der Waals surface area (Å²) in [5.74, 6) is -0.0530. The normalized spacial score (nSPS) is 24.6. The van der Waals surface area contributed by atoms with E-state index in [0.29, 0.717) is 35.4 Å². The SMILES string of the molecule is CCN(C)C(=O)[C@H]1C[C@H]2CN(C(=O)c3cnc(N)s3)CC(=O)N2[C@H]1CC(C)C. The summed E-state index contributed by atoms with van der Waals surface area (Å²) in [6.45, 7) is 7.28. The maximum Gasteiger partial charge on any atom is 0.266 e. The Morgan fingerprint density at radius 3 is 2.71 bits per heavy atom. The molecule has 0 aliphatic carbocycles. The van der Waals surface area contributed by atoms with Crippen LogP contribution in [-0.2, 0) is 9.59 Å². The second-order valence-electron chi connectivity index (χ2n) is 8.09. The Balaban J connectivity index is 1.82. The highest BCUT2D eigenvalue weighted by Gasteiger charge is 2.50. The standard InChI is InChI=1S/C19H29N5O3S/c1-5-22(4)17(26)13-7-12-9-23(18(27)15-8-21-19(20)28-15)10-16(25)24(12)14(13)6-11(2)3/h8,11-14H,5-7,9-10H2,1-4H3,(H2,20,21)/t12-,13-,14-/m0/s1. The van der Waals surface area contributed by atoms with Crippen molar-refractivity contribution >= 4 is 34.2 Å². The first-order valence-corrected chi connectivity index (χ1v) is 10.6. The Morgan fingerprint density at radius 1 is 1.43 bits per heavy atom. The first-order chi connectivity index (χ1) is 13.2. The number of nitrogens with zero attached hydrogens (tertiary/aromatic N) is 4. The van der Waals surface area contributed by atoms with Crippen molar-refractivity contribution in [1.29, 1.82) is 0 Å². The van der Waals surface area contributed by atoms with Crippen LogP contribution >= 0.6 is 11.3 Å². The molecule has 0 bridgehead atoms. The fourth-order valence-corrected chi connectivity index (χ4v) is 4.96. The smallest absolute Gasteiger partial charge is 0.266 e.